The van der Waals surface area contributed by atoms with Crippen molar-refractivity contribution in [2.45, 2.75) is 18.9 Å². The summed E-state index contributed by atoms with van der Waals surface area (Å²) in [6, 6.07) is 2.27. The van der Waals surface area contributed by atoms with Gasteiger partial charge in [-0.05, 0) is 25.0 Å². The Balaban J connectivity index is 2.27. The molecule has 0 saturated carbocycles. The molecule has 11 heavy (non-hydrogen) atoms. The van der Waals surface area contributed by atoms with E-state index in [0.717, 1.165) is 13.0 Å². The largest absolute Gasteiger partial charge is 0.356 e. The van der Waals surface area contributed by atoms with Crippen molar-refractivity contribution in [1.82, 2.24) is 4.90 Å². The summed E-state index contributed by atoms with van der Waals surface area (Å²) in [5.74, 6) is 0. The highest BCUT2D eigenvalue weighted by Gasteiger charge is 2.24. The number of hydrogen-bond donors (Lipinski definition) is 0. The molecule has 2 heterocycles. The minimum absolute atomic E-state index is 0.00231. The van der Waals surface area contributed by atoms with Crippen LogP contribution < -0.4 is 0 Å². The lowest BCUT2D eigenvalue weighted by molar-refractivity contribution is 0.377. The van der Waals surface area contributed by atoms with Crippen LogP contribution in [0.25, 0.3) is 0 Å². The quantitative estimate of drug-likeness (QED) is 0.517. The van der Waals surface area contributed by atoms with Crippen LogP contribution in [0, 0.1) is 11.3 Å². The van der Waals surface area contributed by atoms with Crippen molar-refractivity contribution in [3.8, 4) is 6.07 Å². The molecule has 0 aliphatic carbocycles. The van der Waals surface area contributed by atoms with Gasteiger partial charge in [0.1, 0.15) is 6.04 Å². The van der Waals surface area contributed by atoms with Gasteiger partial charge >= 0.3 is 0 Å². The molecule has 1 saturated heterocycles. The molecule has 2 aliphatic heterocycles. The second-order valence-electron chi connectivity index (χ2n) is 2.91. The second-order valence-corrected chi connectivity index (χ2v) is 2.91. The van der Waals surface area contributed by atoms with Gasteiger partial charge in [0.25, 0.3) is 0 Å². The van der Waals surface area contributed by atoms with E-state index in [1.165, 1.54) is 12.1 Å². The maximum absolute atomic E-state index is 8.77. The van der Waals surface area contributed by atoms with Gasteiger partial charge in [-0.25, -0.2) is 0 Å². The van der Waals surface area contributed by atoms with Gasteiger partial charge in [-0.2, -0.15) is 5.26 Å². The van der Waals surface area contributed by atoms with E-state index in [0.29, 0.717) is 0 Å². The fraction of sp³-hybridized carbons (Fsp3) is 0.444. The monoisotopic (exact) mass is 146 g/mol. The Bertz CT molecular complexity index is 257. The molecule has 56 valence electrons. The highest BCUT2D eigenvalue weighted by atomic mass is 15.2. The fourth-order valence-electron chi connectivity index (χ4n) is 1.70. The van der Waals surface area contributed by atoms with Gasteiger partial charge < -0.3 is 4.90 Å². The predicted octanol–water partition coefficient (Wildman–Crippen LogP) is 1.43. The third-order valence-electron chi connectivity index (χ3n) is 2.25. The average molecular weight is 146 g/mol. The van der Waals surface area contributed by atoms with Crippen LogP contribution in [-0.2, 0) is 0 Å². The smallest absolute Gasteiger partial charge is 0.135 e. The van der Waals surface area contributed by atoms with Gasteiger partial charge in [0, 0.05) is 12.2 Å². The van der Waals surface area contributed by atoms with E-state index in [1.807, 2.05) is 12.2 Å². The van der Waals surface area contributed by atoms with Crippen LogP contribution in [0.5, 0.6) is 0 Å². The highest BCUT2D eigenvalue weighted by Crippen LogP contribution is 2.26. The fourth-order valence-corrected chi connectivity index (χ4v) is 1.70. The van der Waals surface area contributed by atoms with Gasteiger partial charge in [-0.15, -0.1) is 0 Å². The Morgan fingerprint density at radius 1 is 1.64 bits per heavy atom. The summed E-state index contributed by atoms with van der Waals surface area (Å²) in [6.07, 6.45) is 8.40. The Morgan fingerprint density at radius 3 is 3.36 bits per heavy atom. The molecule has 0 spiro atoms. The number of fused-ring (bicyclic) bond motifs is 1. The molecular weight excluding hydrogens is 136 g/mol. The molecular formula is C9H10N2. The van der Waals surface area contributed by atoms with E-state index in [1.54, 1.807) is 0 Å². The summed E-state index contributed by atoms with van der Waals surface area (Å²) >= 11 is 0. The second kappa shape index (κ2) is 2.43. The summed E-state index contributed by atoms with van der Waals surface area (Å²) in [5.41, 5.74) is 1.33. The average Bonchev–Trinajstić information content (AvgIpc) is 2.50. The predicted molar refractivity (Wildman–Crippen MR) is 42.6 cm³/mol. The van der Waals surface area contributed by atoms with Crippen molar-refractivity contribution in [2.24, 2.45) is 0 Å². The lowest BCUT2D eigenvalue weighted by Gasteiger charge is -2.25. The third kappa shape index (κ3) is 0.932. The van der Waals surface area contributed by atoms with Gasteiger partial charge in [-0.3, -0.25) is 0 Å². The summed E-state index contributed by atoms with van der Waals surface area (Å²) in [5, 5.41) is 8.77. The van der Waals surface area contributed by atoms with Gasteiger partial charge in [0.2, 0.25) is 0 Å². The van der Waals surface area contributed by atoms with E-state index < -0.39 is 0 Å². The van der Waals surface area contributed by atoms with Gasteiger partial charge in [-0.1, -0.05) is 6.08 Å². The molecule has 0 aromatic heterocycles. The lowest BCUT2D eigenvalue weighted by atomic mass is 10.1. The first-order chi connectivity index (χ1) is 5.42. The molecule has 1 fully saturated rings. The summed E-state index contributed by atoms with van der Waals surface area (Å²) in [7, 11) is 0. The molecule has 2 nitrogen and oxygen atoms in total. The number of hydrogen-bond acceptors (Lipinski definition) is 2. The maximum Gasteiger partial charge on any atom is 0.135 e. The summed E-state index contributed by atoms with van der Waals surface area (Å²) in [4.78, 5) is 2.18. The highest BCUT2D eigenvalue weighted by molar-refractivity contribution is 5.27. The SMILES string of the molecule is N#CC1C=CC=C2CCCN21. The Morgan fingerprint density at radius 2 is 2.55 bits per heavy atom. The van der Waals surface area contributed by atoms with Crippen LogP contribution in [0.3, 0.4) is 0 Å². The molecule has 2 aliphatic rings. The zero-order valence-corrected chi connectivity index (χ0v) is 6.33. The molecule has 0 aromatic carbocycles. The van der Waals surface area contributed by atoms with Crippen molar-refractivity contribution < 1.29 is 0 Å². The maximum atomic E-state index is 8.77. The Kier molecular flexibility index (Phi) is 1.43. The zero-order chi connectivity index (χ0) is 7.68. The van der Waals surface area contributed by atoms with Crippen molar-refractivity contribution in [3.63, 3.8) is 0 Å². The standard InChI is InChI=1S/C9H10N2/c10-7-9-4-1-3-8-5-2-6-11(8)9/h1,3-4,9H,2,5-6H2. The number of rotatable bonds is 0. The topological polar surface area (TPSA) is 27.0 Å². The summed E-state index contributed by atoms with van der Waals surface area (Å²) < 4.78 is 0. The summed E-state index contributed by atoms with van der Waals surface area (Å²) in [6.45, 7) is 1.05. The lowest BCUT2D eigenvalue weighted by Crippen LogP contribution is -2.29. The van der Waals surface area contributed by atoms with Crippen molar-refractivity contribution >= 4 is 0 Å². The first-order valence-electron chi connectivity index (χ1n) is 3.95. The van der Waals surface area contributed by atoms with Crippen LogP contribution in [0.15, 0.2) is 23.9 Å². The van der Waals surface area contributed by atoms with E-state index in [4.69, 9.17) is 5.26 Å². The molecule has 0 radical (unpaired) electrons. The normalized spacial score (nSPS) is 27.7. The zero-order valence-electron chi connectivity index (χ0n) is 6.33. The van der Waals surface area contributed by atoms with E-state index in [-0.39, 0.29) is 6.04 Å². The van der Waals surface area contributed by atoms with Crippen LogP contribution in [-0.4, -0.2) is 17.5 Å². The third-order valence-corrected chi connectivity index (χ3v) is 2.25. The van der Waals surface area contributed by atoms with Gasteiger partial charge in [0.05, 0.1) is 6.07 Å². The van der Waals surface area contributed by atoms with Crippen molar-refractivity contribution in [1.29, 1.82) is 5.26 Å². The molecule has 2 heteroatoms. The van der Waals surface area contributed by atoms with Crippen LogP contribution in [0.2, 0.25) is 0 Å². The number of nitriles is 1. The molecule has 0 bridgehead atoms. The van der Waals surface area contributed by atoms with Crippen LogP contribution in [0.4, 0.5) is 0 Å². The van der Waals surface area contributed by atoms with Crippen molar-refractivity contribution in [3.05, 3.63) is 23.9 Å². The van der Waals surface area contributed by atoms with E-state index in [9.17, 15) is 0 Å². The molecule has 1 unspecified atom stereocenters. The van der Waals surface area contributed by atoms with Gasteiger partial charge in [0.15, 0.2) is 0 Å². The number of nitrogens with zero attached hydrogens (tertiary/aromatic N) is 2. The minimum atomic E-state index is -0.00231. The van der Waals surface area contributed by atoms with E-state index in [2.05, 4.69) is 17.0 Å². The molecule has 2 rings (SSSR count). The minimum Gasteiger partial charge on any atom is -0.356 e. The molecule has 0 aromatic rings. The van der Waals surface area contributed by atoms with Crippen molar-refractivity contribution in [2.75, 3.05) is 6.54 Å². The molecule has 0 N–H and O–H groups in total. The van der Waals surface area contributed by atoms with Crippen LogP contribution in [0.1, 0.15) is 12.8 Å². The first kappa shape index (κ1) is 6.48. The molecule has 1 atom stereocenters. The van der Waals surface area contributed by atoms with E-state index >= 15 is 0 Å². The Hall–Kier alpha value is -1.23. The Labute approximate surface area is 66.4 Å². The van der Waals surface area contributed by atoms with Crippen LogP contribution >= 0.6 is 0 Å². The molecule has 0 amide bonds. The first-order valence-corrected chi connectivity index (χ1v) is 3.95. The number of allylic oxidation sites excluding steroid dienone is 3.